The summed E-state index contributed by atoms with van der Waals surface area (Å²) in [5, 5.41) is 16.0. The number of aromatic nitrogens is 2. The summed E-state index contributed by atoms with van der Waals surface area (Å²) in [5.74, 6) is -0.986. The highest BCUT2D eigenvalue weighted by molar-refractivity contribution is 6.02. The first-order valence-electron chi connectivity index (χ1n) is 5.64. The van der Waals surface area contributed by atoms with Crippen molar-refractivity contribution in [3.63, 3.8) is 0 Å². The lowest BCUT2D eigenvalue weighted by molar-refractivity contribution is -0.122. The molecule has 0 atom stereocenters. The summed E-state index contributed by atoms with van der Waals surface area (Å²) in [6, 6.07) is 12.4. The van der Waals surface area contributed by atoms with Crippen molar-refractivity contribution in [2.24, 2.45) is 0 Å². The van der Waals surface area contributed by atoms with Gasteiger partial charge in [0.05, 0.1) is 22.1 Å². The van der Waals surface area contributed by atoms with Crippen LogP contribution in [0, 0.1) is 0 Å². The molecule has 3 aromatic rings. The fraction of sp³-hybridized carbons (Fsp3) is 0. The van der Waals surface area contributed by atoms with Gasteiger partial charge in [0.25, 0.3) is 6.47 Å². The fourth-order valence-electron chi connectivity index (χ4n) is 1.82. The smallest absolute Gasteiger partial charge is 0.337 e. The summed E-state index contributed by atoms with van der Waals surface area (Å²) < 4.78 is 0. The number of hydrogen-bond acceptors (Lipinski definition) is 4. The van der Waals surface area contributed by atoms with Crippen molar-refractivity contribution >= 4 is 34.5 Å². The molecule has 1 heterocycles. The zero-order valence-electron chi connectivity index (χ0n) is 10.2. The maximum Gasteiger partial charge on any atom is 0.337 e. The molecule has 6 nitrogen and oxygen atoms in total. The van der Waals surface area contributed by atoms with Crippen molar-refractivity contribution in [2.45, 2.75) is 0 Å². The average molecular weight is 270 g/mol. The lowest BCUT2D eigenvalue weighted by Crippen LogP contribution is -1.99. The molecule has 0 aliphatic heterocycles. The summed E-state index contributed by atoms with van der Waals surface area (Å²) in [7, 11) is 0. The van der Waals surface area contributed by atoms with E-state index in [1.54, 1.807) is 12.1 Å². The van der Waals surface area contributed by atoms with Crippen LogP contribution in [0.15, 0.2) is 42.5 Å². The summed E-state index contributed by atoms with van der Waals surface area (Å²) >= 11 is 0. The number of nitrogens with zero attached hydrogens (tertiary/aromatic N) is 2. The normalized spacial score (nSPS) is 9.80. The highest BCUT2D eigenvalue weighted by Gasteiger charge is 2.10. The first-order chi connectivity index (χ1) is 9.67. The molecule has 6 heteroatoms. The zero-order valence-corrected chi connectivity index (χ0v) is 10.2. The van der Waals surface area contributed by atoms with E-state index in [4.69, 9.17) is 15.0 Å². The maximum absolute atomic E-state index is 11.1. The van der Waals surface area contributed by atoms with Gasteiger partial charge in [-0.3, -0.25) is 4.79 Å². The van der Waals surface area contributed by atoms with Crippen LogP contribution in [0.5, 0.6) is 0 Å². The van der Waals surface area contributed by atoms with Gasteiger partial charge in [-0.25, -0.2) is 14.8 Å². The fourth-order valence-corrected chi connectivity index (χ4v) is 1.82. The Balaban J connectivity index is 0.000000452. The van der Waals surface area contributed by atoms with E-state index < -0.39 is 5.97 Å². The Hall–Kier alpha value is -3.02. The Morgan fingerprint density at radius 3 is 2.10 bits per heavy atom. The molecule has 100 valence electrons. The van der Waals surface area contributed by atoms with E-state index in [9.17, 15) is 4.79 Å². The number of rotatable bonds is 1. The number of carbonyl (C=O) groups is 2. The Morgan fingerprint density at radius 2 is 1.50 bits per heavy atom. The van der Waals surface area contributed by atoms with E-state index in [0.717, 1.165) is 5.52 Å². The van der Waals surface area contributed by atoms with Crippen LogP contribution >= 0.6 is 0 Å². The minimum absolute atomic E-state index is 0.181. The quantitative estimate of drug-likeness (QED) is 0.519. The number of benzene rings is 2. The van der Waals surface area contributed by atoms with E-state index >= 15 is 0 Å². The highest BCUT2D eigenvalue weighted by Crippen LogP contribution is 2.19. The highest BCUT2D eigenvalue weighted by atomic mass is 16.4. The number of para-hydroxylation sites is 3. The molecule has 0 fully saturated rings. The minimum atomic E-state index is -0.986. The third kappa shape index (κ3) is 2.54. The first-order valence-corrected chi connectivity index (χ1v) is 5.64. The van der Waals surface area contributed by atoms with Gasteiger partial charge in [-0.1, -0.05) is 18.2 Å². The molecule has 0 saturated carbocycles. The SMILES string of the molecule is O=C(O)c1cccc2nc3ccccc3nc12.O=CO. The number of hydrogen-bond donors (Lipinski definition) is 2. The predicted octanol–water partition coefficient (Wildman–Crippen LogP) is 2.18. The molecular weight excluding hydrogens is 260 g/mol. The Morgan fingerprint density at radius 1 is 0.950 bits per heavy atom. The van der Waals surface area contributed by atoms with E-state index in [1.807, 2.05) is 24.3 Å². The van der Waals surface area contributed by atoms with Crippen LogP contribution in [0.3, 0.4) is 0 Å². The van der Waals surface area contributed by atoms with Gasteiger partial charge < -0.3 is 10.2 Å². The topological polar surface area (TPSA) is 100 Å². The molecule has 0 unspecified atom stereocenters. The zero-order chi connectivity index (χ0) is 14.5. The molecule has 2 aromatic carbocycles. The van der Waals surface area contributed by atoms with Crippen LogP contribution in [0.2, 0.25) is 0 Å². The molecule has 0 radical (unpaired) electrons. The van der Waals surface area contributed by atoms with Crippen LogP contribution < -0.4 is 0 Å². The van der Waals surface area contributed by atoms with Gasteiger partial charge in [-0.05, 0) is 24.3 Å². The van der Waals surface area contributed by atoms with Crippen molar-refractivity contribution in [2.75, 3.05) is 0 Å². The lowest BCUT2D eigenvalue weighted by Gasteiger charge is -2.03. The summed E-state index contributed by atoms with van der Waals surface area (Å²) in [6.45, 7) is -0.250. The predicted molar refractivity (Wildman–Crippen MR) is 72.7 cm³/mol. The summed E-state index contributed by atoms with van der Waals surface area (Å²) in [4.78, 5) is 28.2. The third-order valence-corrected chi connectivity index (χ3v) is 2.60. The van der Waals surface area contributed by atoms with Crippen molar-refractivity contribution in [3.05, 3.63) is 48.0 Å². The first kappa shape index (κ1) is 13.4. The average Bonchev–Trinajstić information content (AvgIpc) is 2.45. The van der Waals surface area contributed by atoms with E-state index in [-0.39, 0.29) is 12.0 Å². The van der Waals surface area contributed by atoms with Crippen molar-refractivity contribution in [1.82, 2.24) is 9.97 Å². The van der Waals surface area contributed by atoms with Crippen LogP contribution in [-0.4, -0.2) is 32.6 Å². The Labute approximate surface area is 113 Å². The lowest BCUT2D eigenvalue weighted by atomic mass is 10.1. The number of aromatic carboxylic acids is 1. The van der Waals surface area contributed by atoms with Crippen molar-refractivity contribution in [1.29, 1.82) is 0 Å². The van der Waals surface area contributed by atoms with Gasteiger partial charge >= 0.3 is 5.97 Å². The van der Waals surface area contributed by atoms with Gasteiger partial charge in [0, 0.05) is 0 Å². The van der Waals surface area contributed by atoms with E-state index in [1.165, 1.54) is 6.07 Å². The second-order valence-electron chi connectivity index (χ2n) is 3.80. The second-order valence-corrected chi connectivity index (χ2v) is 3.80. The molecule has 3 rings (SSSR count). The summed E-state index contributed by atoms with van der Waals surface area (Å²) in [6.07, 6.45) is 0. The Kier molecular flexibility index (Phi) is 3.85. The van der Waals surface area contributed by atoms with Crippen molar-refractivity contribution < 1.29 is 19.8 Å². The third-order valence-electron chi connectivity index (χ3n) is 2.60. The van der Waals surface area contributed by atoms with Crippen LogP contribution in [0.1, 0.15) is 10.4 Å². The maximum atomic E-state index is 11.1. The summed E-state index contributed by atoms with van der Waals surface area (Å²) in [5.41, 5.74) is 2.68. The van der Waals surface area contributed by atoms with E-state index in [0.29, 0.717) is 16.6 Å². The second kappa shape index (κ2) is 5.75. The molecule has 20 heavy (non-hydrogen) atoms. The molecule has 0 aliphatic carbocycles. The largest absolute Gasteiger partial charge is 0.483 e. The van der Waals surface area contributed by atoms with Crippen LogP contribution in [0.4, 0.5) is 0 Å². The van der Waals surface area contributed by atoms with Gasteiger partial charge in [-0.2, -0.15) is 0 Å². The standard InChI is InChI=1S/C13H8N2O2.CH2O2/c16-13(17)8-4-3-7-11-12(8)15-10-6-2-1-5-9(10)14-11;2-1-3/h1-7H,(H,16,17);1H,(H,2,3). The van der Waals surface area contributed by atoms with Gasteiger partial charge in [-0.15, -0.1) is 0 Å². The number of carboxylic acids is 1. The molecule has 0 amide bonds. The van der Waals surface area contributed by atoms with Gasteiger partial charge in [0.15, 0.2) is 0 Å². The van der Waals surface area contributed by atoms with Crippen LogP contribution in [-0.2, 0) is 4.79 Å². The molecule has 0 spiro atoms. The van der Waals surface area contributed by atoms with Gasteiger partial charge in [0.2, 0.25) is 0 Å². The molecule has 2 N–H and O–H groups in total. The molecule has 0 aliphatic rings. The van der Waals surface area contributed by atoms with Crippen LogP contribution in [0.25, 0.3) is 22.1 Å². The molecule has 0 saturated heterocycles. The number of carboxylic acid groups (broad SMARTS) is 2. The van der Waals surface area contributed by atoms with Crippen molar-refractivity contribution in [3.8, 4) is 0 Å². The number of fused-ring (bicyclic) bond motifs is 2. The molecule has 1 aromatic heterocycles. The molecule has 0 bridgehead atoms. The van der Waals surface area contributed by atoms with Gasteiger partial charge in [0.1, 0.15) is 5.52 Å². The van der Waals surface area contributed by atoms with E-state index in [2.05, 4.69) is 9.97 Å². The Bertz CT molecular complexity index is 786. The monoisotopic (exact) mass is 270 g/mol. The minimum Gasteiger partial charge on any atom is -0.483 e. The molecular formula is C14H10N2O4.